The van der Waals surface area contributed by atoms with E-state index in [1.165, 1.54) is 0 Å². The summed E-state index contributed by atoms with van der Waals surface area (Å²) < 4.78 is 0.587. The molecule has 2 rings (SSSR count). The number of halogens is 2. The molecule has 0 amide bonds. The second-order valence-corrected chi connectivity index (χ2v) is 4.20. The van der Waals surface area contributed by atoms with Crippen LogP contribution in [-0.2, 0) is 0 Å². The molecular weight excluding hydrogens is 251 g/mol. The van der Waals surface area contributed by atoms with E-state index < -0.39 is 0 Å². The molecule has 0 bridgehead atoms. The van der Waals surface area contributed by atoms with Gasteiger partial charge in [0.05, 0.1) is 16.9 Å². The number of benzene rings is 1. The largest absolute Gasteiger partial charge is 0.350 e. The number of nitrogens with one attached hydrogen (secondary N) is 1. The normalized spacial score (nSPS) is 10.3. The summed E-state index contributed by atoms with van der Waals surface area (Å²) in [5.41, 5.74) is 1.57. The number of hydrogen-bond donors (Lipinski definition) is 1. The van der Waals surface area contributed by atoms with Crippen LogP contribution in [0.1, 0.15) is 0 Å². The van der Waals surface area contributed by atoms with Crippen LogP contribution in [0, 0.1) is 4.64 Å². The zero-order valence-electron chi connectivity index (χ0n) is 7.50. The van der Waals surface area contributed by atoms with E-state index in [0.717, 1.165) is 11.3 Å². The van der Waals surface area contributed by atoms with Gasteiger partial charge < -0.3 is 4.98 Å². The first-order valence-electron chi connectivity index (χ1n) is 4.17. The van der Waals surface area contributed by atoms with Gasteiger partial charge >= 0.3 is 0 Å². The first-order valence-corrected chi connectivity index (χ1v) is 5.33. The first-order chi connectivity index (χ1) is 7.16. The van der Waals surface area contributed by atoms with Gasteiger partial charge in [0.25, 0.3) is 0 Å². The van der Waals surface area contributed by atoms with Crippen LogP contribution in [0.5, 0.6) is 0 Å². The fraction of sp³-hybridized carbons (Fsp3) is 0. The lowest BCUT2D eigenvalue weighted by Gasteiger charge is -2.03. The molecule has 0 spiro atoms. The third kappa shape index (κ3) is 2.37. The summed E-state index contributed by atoms with van der Waals surface area (Å²) in [7, 11) is 0. The van der Waals surface area contributed by atoms with Gasteiger partial charge in [-0.25, -0.2) is 0 Å². The molecule has 0 unspecified atom stereocenters. The lowest BCUT2D eigenvalue weighted by atomic mass is 10.2. The molecule has 0 saturated carbocycles. The summed E-state index contributed by atoms with van der Waals surface area (Å²) in [6.07, 6.45) is 3.30. The van der Waals surface area contributed by atoms with Crippen molar-refractivity contribution in [3.05, 3.63) is 45.3 Å². The highest BCUT2D eigenvalue weighted by Crippen LogP contribution is 2.28. The van der Waals surface area contributed by atoms with Gasteiger partial charge in [0, 0.05) is 16.8 Å². The van der Waals surface area contributed by atoms with E-state index in [1.807, 2.05) is 6.07 Å². The van der Waals surface area contributed by atoms with Gasteiger partial charge in [-0.3, -0.25) is 4.98 Å². The van der Waals surface area contributed by atoms with Crippen molar-refractivity contribution in [2.45, 2.75) is 0 Å². The average Bonchev–Trinajstić information content (AvgIpc) is 2.20. The van der Waals surface area contributed by atoms with Crippen molar-refractivity contribution in [2.24, 2.45) is 0 Å². The van der Waals surface area contributed by atoms with E-state index in [0.29, 0.717) is 14.7 Å². The molecule has 0 fully saturated rings. The highest BCUT2D eigenvalue weighted by atomic mass is 35.5. The van der Waals surface area contributed by atoms with Crippen molar-refractivity contribution < 1.29 is 0 Å². The number of H-pyrrole nitrogens is 1. The maximum Gasteiger partial charge on any atom is 0.121 e. The van der Waals surface area contributed by atoms with E-state index in [9.17, 15) is 0 Å². The molecule has 0 atom stereocenters. The number of hydrogen-bond acceptors (Lipinski definition) is 2. The minimum Gasteiger partial charge on any atom is -0.350 e. The Labute approximate surface area is 102 Å². The standard InChI is InChI=1S/C10H6Cl2N2S/c11-6-1-2-7(8(12)3-6)9-4-14-10(15)5-13-9/h1-5H,(H,14,15). The number of aromatic nitrogens is 2. The molecule has 0 radical (unpaired) electrons. The third-order valence-electron chi connectivity index (χ3n) is 1.88. The number of rotatable bonds is 1. The summed E-state index contributed by atoms with van der Waals surface area (Å²) in [5, 5.41) is 1.17. The molecule has 0 aliphatic rings. The predicted octanol–water partition coefficient (Wildman–Crippen LogP) is 4.11. The second-order valence-electron chi connectivity index (χ2n) is 2.92. The van der Waals surface area contributed by atoms with Gasteiger partial charge in [-0.2, -0.15) is 0 Å². The molecule has 2 aromatic rings. The highest BCUT2D eigenvalue weighted by molar-refractivity contribution is 7.71. The molecule has 0 saturated heterocycles. The molecule has 1 aromatic heterocycles. The molecule has 15 heavy (non-hydrogen) atoms. The van der Waals surface area contributed by atoms with Crippen LogP contribution in [-0.4, -0.2) is 9.97 Å². The smallest absolute Gasteiger partial charge is 0.121 e. The van der Waals surface area contributed by atoms with Gasteiger partial charge in [0.15, 0.2) is 0 Å². The Morgan fingerprint density at radius 1 is 1.27 bits per heavy atom. The van der Waals surface area contributed by atoms with E-state index in [4.69, 9.17) is 35.4 Å². The summed E-state index contributed by atoms with van der Waals surface area (Å²) in [5.74, 6) is 0. The van der Waals surface area contributed by atoms with Crippen LogP contribution in [0.15, 0.2) is 30.6 Å². The quantitative estimate of drug-likeness (QED) is 0.778. The van der Waals surface area contributed by atoms with E-state index in [-0.39, 0.29) is 0 Å². The second kappa shape index (κ2) is 4.31. The molecule has 76 valence electrons. The fourth-order valence-corrected chi connectivity index (χ4v) is 1.80. The van der Waals surface area contributed by atoms with Crippen LogP contribution in [0.2, 0.25) is 10.0 Å². The maximum atomic E-state index is 6.04. The summed E-state index contributed by atoms with van der Waals surface area (Å²) >= 11 is 16.7. The third-order valence-corrected chi connectivity index (χ3v) is 2.65. The molecule has 2 nitrogen and oxygen atoms in total. The molecule has 1 aromatic carbocycles. The minimum absolute atomic E-state index is 0.570. The molecule has 1 N–H and O–H groups in total. The molecular formula is C10H6Cl2N2S. The summed E-state index contributed by atoms with van der Waals surface area (Å²) in [4.78, 5) is 7.08. The Morgan fingerprint density at radius 2 is 2.07 bits per heavy atom. The average molecular weight is 257 g/mol. The Morgan fingerprint density at radius 3 is 2.67 bits per heavy atom. The van der Waals surface area contributed by atoms with E-state index >= 15 is 0 Å². The lowest BCUT2D eigenvalue weighted by molar-refractivity contribution is 1.18. The van der Waals surface area contributed by atoms with Crippen molar-refractivity contribution in [3.8, 4) is 11.3 Å². The number of nitrogens with zero attached hydrogens (tertiary/aromatic N) is 1. The monoisotopic (exact) mass is 256 g/mol. The Kier molecular flexibility index (Phi) is 3.05. The highest BCUT2D eigenvalue weighted by Gasteiger charge is 2.04. The zero-order chi connectivity index (χ0) is 10.8. The Bertz CT molecular complexity index is 531. The van der Waals surface area contributed by atoms with Gasteiger partial charge in [-0.05, 0) is 18.2 Å². The van der Waals surface area contributed by atoms with Crippen molar-refractivity contribution >= 4 is 35.4 Å². The zero-order valence-corrected chi connectivity index (χ0v) is 9.83. The van der Waals surface area contributed by atoms with Gasteiger partial charge in [0.1, 0.15) is 4.64 Å². The van der Waals surface area contributed by atoms with Crippen LogP contribution in [0.25, 0.3) is 11.3 Å². The van der Waals surface area contributed by atoms with Crippen LogP contribution in [0.3, 0.4) is 0 Å². The SMILES string of the molecule is S=c1cnc(-c2ccc(Cl)cc2Cl)c[nH]1. The van der Waals surface area contributed by atoms with Crippen LogP contribution < -0.4 is 0 Å². The van der Waals surface area contributed by atoms with Crippen LogP contribution >= 0.6 is 35.4 Å². The fourth-order valence-electron chi connectivity index (χ4n) is 1.19. The Balaban J connectivity index is 2.54. The molecule has 0 aliphatic carbocycles. The first kappa shape index (κ1) is 10.6. The van der Waals surface area contributed by atoms with Crippen molar-refractivity contribution in [1.82, 2.24) is 9.97 Å². The molecule has 0 aliphatic heterocycles. The molecule has 1 heterocycles. The number of aromatic amines is 1. The van der Waals surface area contributed by atoms with E-state index in [1.54, 1.807) is 24.5 Å². The van der Waals surface area contributed by atoms with Gasteiger partial charge in [-0.15, -0.1) is 0 Å². The maximum absolute atomic E-state index is 6.04. The topological polar surface area (TPSA) is 28.7 Å². The predicted molar refractivity (Wildman–Crippen MR) is 64.9 cm³/mol. The van der Waals surface area contributed by atoms with Crippen LogP contribution in [0.4, 0.5) is 0 Å². The lowest BCUT2D eigenvalue weighted by Crippen LogP contribution is -1.86. The minimum atomic E-state index is 0.570. The van der Waals surface area contributed by atoms with Gasteiger partial charge in [-0.1, -0.05) is 35.4 Å². The van der Waals surface area contributed by atoms with Crippen molar-refractivity contribution in [3.63, 3.8) is 0 Å². The Hall–Kier alpha value is -0.900. The summed E-state index contributed by atoms with van der Waals surface area (Å²) in [6, 6.07) is 5.28. The molecule has 5 heteroatoms. The van der Waals surface area contributed by atoms with Crippen molar-refractivity contribution in [1.29, 1.82) is 0 Å². The van der Waals surface area contributed by atoms with Gasteiger partial charge in [0.2, 0.25) is 0 Å². The van der Waals surface area contributed by atoms with Crippen molar-refractivity contribution in [2.75, 3.05) is 0 Å². The van der Waals surface area contributed by atoms with E-state index in [2.05, 4.69) is 9.97 Å². The summed E-state index contributed by atoms with van der Waals surface area (Å²) in [6.45, 7) is 0.